The monoisotopic (exact) mass is 405 g/mol. The number of amides is 3. The van der Waals surface area contributed by atoms with Crippen molar-refractivity contribution in [2.75, 3.05) is 16.0 Å². The summed E-state index contributed by atoms with van der Waals surface area (Å²) >= 11 is 1.36. The number of anilines is 3. The van der Waals surface area contributed by atoms with Crippen molar-refractivity contribution in [2.45, 2.75) is 6.92 Å². The fourth-order valence-corrected chi connectivity index (χ4v) is 3.13. The van der Waals surface area contributed by atoms with Crippen LogP contribution in [-0.4, -0.2) is 17.7 Å². The van der Waals surface area contributed by atoms with E-state index in [0.29, 0.717) is 21.9 Å². The van der Waals surface area contributed by atoms with E-state index in [4.69, 9.17) is 0 Å². The van der Waals surface area contributed by atoms with E-state index < -0.39 is 0 Å². The smallest absolute Gasteiger partial charge is 0.265 e. The van der Waals surface area contributed by atoms with Crippen molar-refractivity contribution in [1.82, 2.24) is 0 Å². The van der Waals surface area contributed by atoms with Gasteiger partial charge in [-0.05, 0) is 53.4 Å². The minimum absolute atomic E-state index is 0.138. The zero-order chi connectivity index (χ0) is 20.6. The Kier molecular flexibility index (Phi) is 6.55. The molecule has 0 aliphatic rings. The maximum Gasteiger partial charge on any atom is 0.265 e. The van der Waals surface area contributed by atoms with Crippen LogP contribution in [0, 0.1) is 0 Å². The molecule has 0 saturated carbocycles. The Bertz CT molecular complexity index is 1040. The van der Waals surface area contributed by atoms with Gasteiger partial charge in [0, 0.05) is 30.1 Å². The van der Waals surface area contributed by atoms with Crippen LogP contribution >= 0.6 is 11.3 Å². The molecule has 0 unspecified atom stereocenters. The molecule has 1 aromatic heterocycles. The average molecular weight is 405 g/mol. The van der Waals surface area contributed by atoms with Gasteiger partial charge in [-0.3, -0.25) is 14.4 Å². The Morgan fingerprint density at radius 3 is 2.21 bits per heavy atom. The van der Waals surface area contributed by atoms with Gasteiger partial charge in [0.2, 0.25) is 11.8 Å². The number of hydrogen-bond acceptors (Lipinski definition) is 4. The fourth-order valence-electron chi connectivity index (χ4n) is 2.51. The number of carbonyl (C=O) groups is 3. The second-order valence-corrected chi connectivity index (χ2v) is 7.09. The molecular weight excluding hydrogens is 386 g/mol. The second-order valence-electron chi connectivity index (χ2n) is 6.14. The number of carbonyl (C=O) groups excluding carboxylic acids is 3. The molecule has 0 saturated heterocycles. The summed E-state index contributed by atoms with van der Waals surface area (Å²) in [6, 6.07) is 17.6. The highest BCUT2D eigenvalue weighted by molar-refractivity contribution is 7.12. The predicted molar refractivity (Wildman–Crippen MR) is 117 cm³/mol. The van der Waals surface area contributed by atoms with Gasteiger partial charge in [0.25, 0.3) is 5.91 Å². The van der Waals surface area contributed by atoms with E-state index in [-0.39, 0.29) is 17.7 Å². The van der Waals surface area contributed by atoms with Crippen molar-refractivity contribution in [3.8, 4) is 0 Å². The van der Waals surface area contributed by atoms with E-state index in [1.54, 1.807) is 60.7 Å². The number of hydrogen-bond donors (Lipinski definition) is 3. The molecule has 0 spiro atoms. The van der Waals surface area contributed by atoms with Crippen molar-refractivity contribution in [3.05, 3.63) is 82.6 Å². The van der Waals surface area contributed by atoms with Gasteiger partial charge in [0.05, 0.1) is 4.88 Å². The molecule has 3 rings (SSSR count). The van der Waals surface area contributed by atoms with Crippen LogP contribution in [-0.2, 0) is 9.59 Å². The predicted octanol–water partition coefficient (Wildman–Crippen LogP) is 4.61. The lowest BCUT2D eigenvalue weighted by molar-refractivity contribution is -0.114. The molecule has 0 aliphatic heterocycles. The Balaban J connectivity index is 1.58. The molecule has 7 heteroatoms. The summed E-state index contributed by atoms with van der Waals surface area (Å²) in [7, 11) is 0. The number of thiophene rings is 1. The van der Waals surface area contributed by atoms with Gasteiger partial charge in [-0.15, -0.1) is 11.3 Å². The summed E-state index contributed by atoms with van der Waals surface area (Å²) in [5.41, 5.74) is 2.69. The normalized spacial score (nSPS) is 10.5. The summed E-state index contributed by atoms with van der Waals surface area (Å²) < 4.78 is 0. The Morgan fingerprint density at radius 1 is 0.828 bits per heavy atom. The molecule has 1 heterocycles. The highest BCUT2D eigenvalue weighted by atomic mass is 32.1. The van der Waals surface area contributed by atoms with Crippen molar-refractivity contribution >= 4 is 52.2 Å². The van der Waals surface area contributed by atoms with Gasteiger partial charge >= 0.3 is 0 Å². The first-order valence-corrected chi connectivity index (χ1v) is 9.69. The summed E-state index contributed by atoms with van der Waals surface area (Å²) in [5, 5.41) is 10.1. The molecular formula is C22H19N3O3S. The van der Waals surface area contributed by atoms with Crippen molar-refractivity contribution in [1.29, 1.82) is 0 Å². The topological polar surface area (TPSA) is 87.3 Å². The zero-order valence-corrected chi connectivity index (χ0v) is 16.5. The van der Waals surface area contributed by atoms with Crippen molar-refractivity contribution < 1.29 is 14.4 Å². The van der Waals surface area contributed by atoms with E-state index >= 15 is 0 Å². The highest BCUT2D eigenvalue weighted by Crippen LogP contribution is 2.18. The molecule has 3 N–H and O–H groups in total. The Hall–Kier alpha value is -3.71. The first-order valence-electron chi connectivity index (χ1n) is 8.81. The minimum Gasteiger partial charge on any atom is -0.326 e. The lowest BCUT2D eigenvalue weighted by Crippen LogP contribution is -2.11. The Morgan fingerprint density at radius 2 is 1.55 bits per heavy atom. The number of nitrogens with one attached hydrogen (secondary N) is 3. The van der Waals surface area contributed by atoms with Crippen LogP contribution in [0.2, 0.25) is 0 Å². The largest absolute Gasteiger partial charge is 0.326 e. The van der Waals surface area contributed by atoms with Gasteiger partial charge in [-0.2, -0.15) is 0 Å². The van der Waals surface area contributed by atoms with Gasteiger partial charge in [0.1, 0.15) is 0 Å². The molecule has 0 atom stereocenters. The molecule has 6 nitrogen and oxygen atoms in total. The van der Waals surface area contributed by atoms with Gasteiger partial charge < -0.3 is 16.0 Å². The van der Waals surface area contributed by atoms with Crippen LogP contribution in [0.15, 0.2) is 72.1 Å². The third-order valence-corrected chi connectivity index (χ3v) is 4.66. The van der Waals surface area contributed by atoms with E-state index in [9.17, 15) is 14.4 Å². The SMILES string of the molecule is CC(=O)Nc1ccc(/C=C/C(=O)Nc2cccc(NC(=O)c3cccs3)c2)cc1. The van der Waals surface area contributed by atoms with Crippen molar-refractivity contribution in [3.63, 3.8) is 0 Å². The summed E-state index contributed by atoms with van der Waals surface area (Å²) in [5.74, 6) is -0.620. The maximum absolute atomic E-state index is 12.2. The van der Waals surface area contributed by atoms with E-state index in [1.165, 1.54) is 24.3 Å². The molecule has 146 valence electrons. The number of benzene rings is 2. The lowest BCUT2D eigenvalue weighted by Gasteiger charge is -2.07. The van der Waals surface area contributed by atoms with Crippen LogP contribution in [0.5, 0.6) is 0 Å². The van der Waals surface area contributed by atoms with Crippen LogP contribution in [0.4, 0.5) is 17.1 Å². The molecule has 29 heavy (non-hydrogen) atoms. The van der Waals surface area contributed by atoms with E-state index in [1.807, 2.05) is 11.4 Å². The molecule has 0 bridgehead atoms. The molecule has 2 aromatic carbocycles. The number of rotatable bonds is 6. The first-order chi connectivity index (χ1) is 14.0. The quantitative estimate of drug-likeness (QED) is 0.523. The zero-order valence-electron chi connectivity index (χ0n) is 15.6. The van der Waals surface area contributed by atoms with Crippen LogP contribution in [0.1, 0.15) is 22.2 Å². The van der Waals surface area contributed by atoms with Gasteiger partial charge in [-0.25, -0.2) is 0 Å². The van der Waals surface area contributed by atoms with E-state index in [0.717, 1.165) is 5.56 Å². The first kappa shape index (κ1) is 20.0. The summed E-state index contributed by atoms with van der Waals surface area (Å²) in [4.78, 5) is 36.0. The van der Waals surface area contributed by atoms with Crippen LogP contribution < -0.4 is 16.0 Å². The molecule has 0 aliphatic carbocycles. The van der Waals surface area contributed by atoms with Gasteiger partial charge in [0.15, 0.2) is 0 Å². The van der Waals surface area contributed by atoms with Crippen LogP contribution in [0.3, 0.4) is 0 Å². The molecule has 3 amide bonds. The third-order valence-electron chi connectivity index (χ3n) is 3.79. The molecule has 3 aromatic rings. The Labute approximate surface area is 172 Å². The highest BCUT2D eigenvalue weighted by Gasteiger charge is 2.07. The van der Waals surface area contributed by atoms with Crippen molar-refractivity contribution in [2.24, 2.45) is 0 Å². The summed E-state index contributed by atoms with van der Waals surface area (Å²) in [6.45, 7) is 1.45. The van der Waals surface area contributed by atoms with Gasteiger partial charge in [-0.1, -0.05) is 24.3 Å². The average Bonchev–Trinajstić information content (AvgIpc) is 3.22. The minimum atomic E-state index is -0.294. The second kappa shape index (κ2) is 9.48. The van der Waals surface area contributed by atoms with Crippen LogP contribution in [0.25, 0.3) is 6.08 Å². The molecule has 0 radical (unpaired) electrons. The maximum atomic E-state index is 12.2. The summed E-state index contributed by atoms with van der Waals surface area (Å²) in [6.07, 6.45) is 3.10. The fraction of sp³-hybridized carbons (Fsp3) is 0.0455. The lowest BCUT2D eigenvalue weighted by atomic mass is 10.2. The standard InChI is InChI=1S/C22H19N3O3S/c1-15(26)23-17-10-7-16(8-11-17)9-12-21(27)24-18-4-2-5-19(14-18)25-22(28)20-6-3-13-29-20/h2-14H,1H3,(H,23,26)(H,24,27)(H,25,28)/b12-9+. The third kappa shape index (κ3) is 6.15. The van der Waals surface area contributed by atoms with E-state index in [2.05, 4.69) is 16.0 Å². The molecule has 0 fully saturated rings.